The first-order chi connectivity index (χ1) is 8.56. The average Bonchev–Trinajstić information content (AvgIpc) is 2.75. The minimum atomic E-state index is 0.0181. The summed E-state index contributed by atoms with van der Waals surface area (Å²) in [5.74, 6) is 2.78. The molecular formula is C14H19N3O. The van der Waals surface area contributed by atoms with Crippen molar-refractivity contribution in [2.45, 2.75) is 26.4 Å². The van der Waals surface area contributed by atoms with Crippen molar-refractivity contribution in [2.75, 3.05) is 11.9 Å². The molecule has 2 rings (SSSR count). The highest BCUT2D eigenvalue weighted by Crippen LogP contribution is 2.16. The van der Waals surface area contributed by atoms with E-state index in [1.807, 2.05) is 56.3 Å². The largest absolute Gasteiger partial charge is 0.464 e. The van der Waals surface area contributed by atoms with Gasteiger partial charge in [0, 0.05) is 19.3 Å². The predicted octanol–water partition coefficient (Wildman–Crippen LogP) is 2.64. The lowest BCUT2D eigenvalue weighted by atomic mass is 10.1. The molecule has 0 fully saturated rings. The summed E-state index contributed by atoms with van der Waals surface area (Å²) < 4.78 is 5.55. The van der Waals surface area contributed by atoms with Crippen LogP contribution in [0.5, 0.6) is 0 Å². The Bertz CT molecular complexity index is 502. The molecule has 0 radical (unpaired) electrons. The number of hydrogen-bond acceptors (Lipinski definition) is 4. The molecule has 0 aliphatic rings. The van der Waals surface area contributed by atoms with E-state index in [4.69, 9.17) is 10.2 Å². The molecule has 0 spiro atoms. The highest BCUT2D eigenvalue weighted by Gasteiger charge is 2.07. The molecule has 0 aliphatic carbocycles. The van der Waals surface area contributed by atoms with Crippen LogP contribution in [0.4, 0.5) is 5.82 Å². The third kappa shape index (κ3) is 2.90. The Hall–Kier alpha value is -1.81. The van der Waals surface area contributed by atoms with Gasteiger partial charge in [0.2, 0.25) is 0 Å². The molecule has 2 aromatic rings. The van der Waals surface area contributed by atoms with Crippen molar-refractivity contribution >= 4 is 5.82 Å². The summed E-state index contributed by atoms with van der Waals surface area (Å²) in [5, 5.41) is 0. The monoisotopic (exact) mass is 245 g/mol. The van der Waals surface area contributed by atoms with Crippen LogP contribution in [0.1, 0.15) is 30.0 Å². The van der Waals surface area contributed by atoms with E-state index in [9.17, 15) is 0 Å². The first-order valence-corrected chi connectivity index (χ1v) is 6.04. The van der Waals surface area contributed by atoms with E-state index >= 15 is 0 Å². The van der Waals surface area contributed by atoms with Crippen molar-refractivity contribution in [1.82, 2.24) is 4.98 Å². The van der Waals surface area contributed by atoms with E-state index in [1.165, 1.54) is 0 Å². The Morgan fingerprint density at radius 3 is 2.61 bits per heavy atom. The molecule has 1 atom stereocenters. The Morgan fingerprint density at radius 2 is 2.11 bits per heavy atom. The predicted molar refractivity (Wildman–Crippen MR) is 72.4 cm³/mol. The first kappa shape index (κ1) is 12.6. The summed E-state index contributed by atoms with van der Waals surface area (Å²) in [6, 6.07) is 7.97. The van der Waals surface area contributed by atoms with Gasteiger partial charge in [-0.2, -0.15) is 0 Å². The maximum absolute atomic E-state index is 5.80. The average molecular weight is 245 g/mol. The van der Waals surface area contributed by atoms with Crippen LogP contribution in [-0.4, -0.2) is 12.0 Å². The molecule has 0 saturated heterocycles. The van der Waals surface area contributed by atoms with Gasteiger partial charge in [0.25, 0.3) is 0 Å². The molecular weight excluding hydrogens is 226 g/mol. The van der Waals surface area contributed by atoms with E-state index in [0.717, 1.165) is 22.9 Å². The normalized spacial score (nSPS) is 12.4. The van der Waals surface area contributed by atoms with Gasteiger partial charge in [-0.05, 0) is 37.6 Å². The fraction of sp³-hybridized carbons (Fsp3) is 0.357. The molecule has 2 aromatic heterocycles. The molecule has 0 unspecified atom stereocenters. The Morgan fingerprint density at radius 1 is 1.33 bits per heavy atom. The first-order valence-electron chi connectivity index (χ1n) is 6.04. The van der Waals surface area contributed by atoms with Crippen LogP contribution >= 0.6 is 0 Å². The van der Waals surface area contributed by atoms with Crippen LogP contribution in [0.15, 0.2) is 34.9 Å². The molecule has 0 bridgehead atoms. The smallest absolute Gasteiger partial charge is 0.128 e. The number of nitrogens with two attached hydrogens (primary N) is 1. The van der Waals surface area contributed by atoms with Crippen molar-refractivity contribution < 1.29 is 4.42 Å². The van der Waals surface area contributed by atoms with E-state index < -0.39 is 0 Å². The zero-order valence-corrected chi connectivity index (χ0v) is 11.1. The molecule has 0 amide bonds. The molecule has 2 heterocycles. The highest BCUT2D eigenvalue weighted by atomic mass is 16.3. The van der Waals surface area contributed by atoms with Crippen molar-refractivity contribution in [1.29, 1.82) is 0 Å². The van der Waals surface area contributed by atoms with Crippen molar-refractivity contribution in [3.05, 3.63) is 47.5 Å². The maximum Gasteiger partial charge on any atom is 0.128 e. The van der Waals surface area contributed by atoms with Gasteiger partial charge in [0.05, 0.1) is 6.54 Å². The van der Waals surface area contributed by atoms with Gasteiger partial charge in [-0.15, -0.1) is 0 Å². The van der Waals surface area contributed by atoms with Gasteiger partial charge in [-0.25, -0.2) is 4.98 Å². The topological polar surface area (TPSA) is 55.3 Å². The number of aryl methyl sites for hydroxylation is 1. The standard InChI is InChI=1S/C14H19N3O/c1-10-4-6-13(18-10)9-17(3)14-7-5-12(8-16-14)11(2)15/h4-8,11H,9,15H2,1-3H3/t11-/m1/s1. The number of aromatic nitrogens is 1. The summed E-state index contributed by atoms with van der Waals surface area (Å²) in [6.07, 6.45) is 1.82. The van der Waals surface area contributed by atoms with Crippen LogP contribution in [0.2, 0.25) is 0 Å². The third-order valence-corrected chi connectivity index (χ3v) is 2.88. The van der Waals surface area contributed by atoms with Gasteiger partial charge in [0.1, 0.15) is 17.3 Å². The Balaban J connectivity index is 2.06. The van der Waals surface area contributed by atoms with Crippen LogP contribution in [0.3, 0.4) is 0 Å². The summed E-state index contributed by atoms with van der Waals surface area (Å²) in [4.78, 5) is 6.45. The number of rotatable bonds is 4. The molecule has 96 valence electrons. The third-order valence-electron chi connectivity index (χ3n) is 2.88. The lowest BCUT2D eigenvalue weighted by Crippen LogP contribution is -2.17. The molecule has 18 heavy (non-hydrogen) atoms. The van der Waals surface area contributed by atoms with Gasteiger partial charge < -0.3 is 15.1 Å². The quantitative estimate of drug-likeness (QED) is 0.899. The van der Waals surface area contributed by atoms with Gasteiger partial charge in [0.15, 0.2) is 0 Å². The minimum Gasteiger partial charge on any atom is -0.464 e. The second kappa shape index (κ2) is 5.23. The molecule has 4 heteroatoms. The number of anilines is 1. The fourth-order valence-electron chi connectivity index (χ4n) is 1.78. The highest BCUT2D eigenvalue weighted by molar-refractivity contribution is 5.39. The number of nitrogens with zero attached hydrogens (tertiary/aromatic N) is 2. The fourth-order valence-corrected chi connectivity index (χ4v) is 1.78. The molecule has 0 saturated carbocycles. The van der Waals surface area contributed by atoms with E-state index in [1.54, 1.807) is 0 Å². The van der Waals surface area contributed by atoms with E-state index in [2.05, 4.69) is 4.98 Å². The maximum atomic E-state index is 5.80. The zero-order valence-electron chi connectivity index (χ0n) is 11.1. The van der Waals surface area contributed by atoms with Crippen LogP contribution < -0.4 is 10.6 Å². The Labute approximate surface area is 107 Å². The minimum absolute atomic E-state index is 0.0181. The lowest BCUT2D eigenvalue weighted by molar-refractivity contribution is 0.481. The number of furan rings is 1. The van der Waals surface area contributed by atoms with Crippen molar-refractivity contribution in [2.24, 2.45) is 5.73 Å². The van der Waals surface area contributed by atoms with Crippen LogP contribution in [0.25, 0.3) is 0 Å². The molecule has 4 nitrogen and oxygen atoms in total. The summed E-state index contributed by atoms with van der Waals surface area (Å²) >= 11 is 0. The summed E-state index contributed by atoms with van der Waals surface area (Å²) in [6.45, 7) is 4.60. The van der Waals surface area contributed by atoms with Gasteiger partial charge in [-0.1, -0.05) is 6.07 Å². The van der Waals surface area contributed by atoms with Crippen molar-refractivity contribution in [3.63, 3.8) is 0 Å². The van der Waals surface area contributed by atoms with E-state index in [0.29, 0.717) is 6.54 Å². The number of hydrogen-bond donors (Lipinski definition) is 1. The molecule has 0 aromatic carbocycles. The van der Waals surface area contributed by atoms with Crippen LogP contribution in [-0.2, 0) is 6.54 Å². The molecule has 0 aliphatic heterocycles. The van der Waals surface area contributed by atoms with E-state index in [-0.39, 0.29) is 6.04 Å². The second-order valence-corrected chi connectivity index (χ2v) is 4.61. The summed E-state index contributed by atoms with van der Waals surface area (Å²) in [7, 11) is 1.99. The lowest BCUT2D eigenvalue weighted by Gasteiger charge is -2.17. The second-order valence-electron chi connectivity index (χ2n) is 4.61. The van der Waals surface area contributed by atoms with Crippen molar-refractivity contribution in [3.8, 4) is 0 Å². The van der Waals surface area contributed by atoms with Gasteiger partial charge in [-0.3, -0.25) is 0 Å². The summed E-state index contributed by atoms with van der Waals surface area (Å²) in [5.41, 5.74) is 6.84. The van der Waals surface area contributed by atoms with Gasteiger partial charge >= 0.3 is 0 Å². The number of pyridine rings is 1. The Kier molecular flexibility index (Phi) is 3.67. The SMILES string of the molecule is Cc1ccc(CN(C)c2ccc([C@@H](C)N)cn2)o1. The zero-order chi connectivity index (χ0) is 13.1. The molecule has 2 N–H and O–H groups in total. The van der Waals surface area contributed by atoms with Crippen LogP contribution in [0, 0.1) is 6.92 Å².